The predicted octanol–water partition coefficient (Wildman–Crippen LogP) is 3.14. The first kappa shape index (κ1) is 12.3. The molecule has 0 aliphatic heterocycles. The number of anilines is 1. The highest BCUT2D eigenvalue weighted by molar-refractivity contribution is 6.01. The van der Waals surface area contributed by atoms with Gasteiger partial charge in [0.05, 0.1) is 5.69 Å². The summed E-state index contributed by atoms with van der Waals surface area (Å²) in [5.41, 5.74) is 7.77. The van der Waals surface area contributed by atoms with Crippen LogP contribution in [0.2, 0.25) is 0 Å². The summed E-state index contributed by atoms with van der Waals surface area (Å²) in [5.74, 6) is -0.722. The minimum atomic E-state index is -0.551. The molecule has 0 aliphatic rings. The van der Waals surface area contributed by atoms with Crippen LogP contribution in [0.5, 0.6) is 0 Å². The van der Waals surface area contributed by atoms with E-state index < -0.39 is 5.82 Å². The van der Waals surface area contributed by atoms with Gasteiger partial charge in [-0.05, 0) is 24.6 Å². The van der Waals surface area contributed by atoms with Crippen molar-refractivity contribution in [2.75, 3.05) is 5.73 Å². The van der Waals surface area contributed by atoms with Gasteiger partial charge in [0.1, 0.15) is 5.82 Å². The van der Waals surface area contributed by atoms with Crippen molar-refractivity contribution in [1.82, 2.24) is 0 Å². The van der Waals surface area contributed by atoms with Crippen molar-refractivity contribution in [2.24, 2.45) is 0 Å². The van der Waals surface area contributed by atoms with E-state index in [-0.39, 0.29) is 23.5 Å². The Morgan fingerprint density at radius 3 is 2.50 bits per heavy atom. The summed E-state index contributed by atoms with van der Waals surface area (Å²) in [6.07, 6.45) is 0.230. The van der Waals surface area contributed by atoms with Gasteiger partial charge in [0.2, 0.25) is 0 Å². The van der Waals surface area contributed by atoms with Crippen molar-refractivity contribution >= 4 is 11.5 Å². The van der Waals surface area contributed by atoms with E-state index in [1.165, 1.54) is 12.1 Å². The lowest BCUT2D eigenvalue weighted by molar-refractivity contribution is 0.0993. The molecule has 2 aromatic rings. The third-order valence-electron chi connectivity index (χ3n) is 2.84. The predicted molar refractivity (Wildman–Crippen MR) is 70.0 cm³/mol. The fourth-order valence-corrected chi connectivity index (χ4v) is 1.77. The fraction of sp³-hybridized carbons (Fsp3) is 0.133. The van der Waals surface area contributed by atoms with Gasteiger partial charge >= 0.3 is 0 Å². The molecule has 0 radical (unpaired) electrons. The molecule has 2 nitrogen and oxygen atoms in total. The van der Waals surface area contributed by atoms with Crippen molar-refractivity contribution in [3.63, 3.8) is 0 Å². The van der Waals surface area contributed by atoms with E-state index in [4.69, 9.17) is 5.73 Å². The lowest BCUT2D eigenvalue weighted by Crippen LogP contribution is -2.08. The maximum absolute atomic E-state index is 13.3. The zero-order valence-electron chi connectivity index (χ0n) is 10.1. The van der Waals surface area contributed by atoms with E-state index in [1.54, 1.807) is 6.07 Å². The van der Waals surface area contributed by atoms with Crippen LogP contribution in [0.15, 0.2) is 42.5 Å². The summed E-state index contributed by atoms with van der Waals surface area (Å²) in [4.78, 5) is 12.0. The number of hydrogen-bond acceptors (Lipinski definition) is 2. The van der Waals surface area contributed by atoms with Crippen LogP contribution in [0.3, 0.4) is 0 Å². The van der Waals surface area contributed by atoms with Crippen molar-refractivity contribution in [1.29, 1.82) is 0 Å². The molecule has 0 spiro atoms. The first-order chi connectivity index (χ1) is 8.58. The molecule has 0 heterocycles. The lowest BCUT2D eigenvalue weighted by Gasteiger charge is -2.06. The summed E-state index contributed by atoms with van der Waals surface area (Å²) < 4.78 is 13.3. The molecule has 0 fully saturated rings. The topological polar surface area (TPSA) is 43.1 Å². The van der Waals surface area contributed by atoms with Crippen LogP contribution >= 0.6 is 0 Å². The van der Waals surface area contributed by atoms with Gasteiger partial charge in [0.25, 0.3) is 0 Å². The molecule has 2 rings (SSSR count). The second-order valence-corrected chi connectivity index (χ2v) is 4.29. The molecule has 18 heavy (non-hydrogen) atoms. The van der Waals surface area contributed by atoms with Crippen LogP contribution in [-0.2, 0) is 6.42 Å². The maximum Gasteiger partial charge on any atom is 0.169 e. The second kappa shape index (κ2) is 5.00. The Labute approximate surface area is 105 Å². The zero-order valence-corrected chi connectivity index (χ0v) is 10.1. The smallest absolute Gasteiger partial charge is 0.169 e. The van der Waals surface area contributed by atoms with Crippen LogP contribution in [0.1, 0.15) is 21.5 Å². The summed E-state index contributed by atoms with van der Waals surface area (Å²) >= 11 is 0. The normalized spacial score (nSPS) is 10.3. The molecule has 2 aromatic carbocycles. The quantitative estimate of drug-likeness (QED) is 0.664. The van der Waals surface area contributed by atoms with E-state index in [1.807, 2.05) is 31.2 Å². The highest BCUT2D eigenvalue weighted by Gasteiger charge is 2.12. The number of rotatable bonds is 3. The molecule has 0 aliphatic carbocycles. The second-order valence-electron chi connectivity index (χ2n) is 4.29. The number of aryl methyl sites for hydroxylation is 1. The molecule has 0 saturated carbocycles. The number of nitrogen functional groups attached to an aromatic ring is 1. The summed E-state index contributed by atoms with van der Waals surface area (Å²) in [6, 6.07) is 12.0. The third kappa shape index (κ3) is 2.56. The average Bonchev–Trinajstić information content (AvgIpc) is 2.35. The van der Waals surface area contributed by atoms with Gasteiger partial charge in [0.15, 0.2) is 5.78 Å². The summed E-state index contributed by atoms with van der Waals surface area (Å²) in [7, 11) is 0. The fourth-order valence-electron chi connectivity index (χ4n) is 1.77. The molecule has 0 unspecified atom stereocenters. The molecule has 3 heteroatoms. The van der Waals surface area contributed by atoms with Crippen LogP contribution < -0.4 is 5.73 Å². The zero-order chi connectivity index (χ0) is 13.1. The highest BCUT2D eigenvalue weighted by atomic mass is 19.1. The standard InChI is InChI=1S/C15H14FNO/c1-10-5-7-11(8-6-10)9-14(18)12-3-2-4-13(16)15(12)17/h2-8H,9,17H2,1H3. The Hall–Kier alpha value is -2.16. The molecule has 0 bridgehead atoms. The van der Waals surface area contributed by atoms with E-state index in [9.17, 15) is 9.18 Å². The Balaban J connectivity index is 2.22. The van der Waals surface area contributed by atoms with Crippen molar-refractivity contribution in [3.05, 3.63) is 65.0 Å². The number of carbonyl (C=O) groups excluding carboxylic acids is 1. The molecule has 0 atom stereocenters. The van der Waals surface area contributed by atoms with E-state index in [0.29, 0.717) is 0 Å². The van der Waals surface area contributed by atoms with Gasteiger partial charge < -0.3 is 5.73 Å². The largest absolute Gasteiger partial charge is 0.396 e. The Morgan fingerprint density at radius 2 is 1.83 bits per heavy atom. The molecule has 0 aromatic heterocycles. The average molecular weight is 243 g/mol. The first-order valence-corrected chi connectivity index (χ1v) is 5.70. The molecule has 0 amide bonds. The van der Waals surface area contributed by atoms with E-state index in [0.717, 1.165) is 11.1 Å². The number of nitrogens with two attached hydrogens (primary N) is 1. The maximum atomic E-state index is 13.3. The molecule has 92 valence electrons. The van der Waals surface area contributed by atoms with E-state index >= 15 is 0 Å². The minimum absolute atomic E-state index is 0.0744. The van der Waals surface area contributed by atoms with Crippen LogP contribution in [0.4, 0.5) is 10.1 Å². The highest BCUT2D eigenvalue weighted by Crippen LogP contribution is 2.18. The van der Waals surface area contributed by atoms with Crippen molar-refractivity contribution in [3.8, 4) is 0 Å². The lowest BCUT2D eigenvalue weighted by atomic mass is 10.0. The van der Waals surface area contributed by atoms with Gasteiger partial charge in [-0.25, -0.2) is 4.39 Å². The molecule has 2 N–H and O–H groups in total. The number of para-hydroxylation sites is 1. The number of benzene rings is 2. The number of halogens is 1. The third-order valence-corrected chi connectivity index (χ3v) is 2.84. The van der Waals surface area contributed by atoms with Crippen LogP contribution in [0, 0.1) is 12.7 Å². The van der Waals surface area contributed by atoms with Gasteiger partial charge in [-0.1, -0.05) is 35.9 Å². The summed E-state index contributed by atoms with van der Waals surface area (Å²) in [5, 5.41) is 0. The Bertz CT molecular complexity index is 576. The first-order valence-electron chi connectivity index (χ1n) is 5.70. The Morgan fingerprint density at radius 1 is 1.17 bits per heavy atom. The molecule has 0 saturated heterocycles. The SMILES string of the molecule is Cc1ccc(CC(=O)c2cccc(F)c2N)cc1. The Kier molecular flexibility index (Phi) is 3.42. The van der Waals surface area contributed by atoms with Crippen LogP contribution in [0.25, 0.3) is 0 Å². The number of carbonyl (C=O) groups is 1. The summed E-state index contributed by atoms with van der Waals surface area (Å²) in [6.45, 7) is 1.98. The van der Waals surface area contributed by atoms with Crippen LogP contribution in [-0.4, -0.2) is 5.78 Å². The molecular weight excluding hydrogens is 229 g/mol. The minimum Gasteiger partial charge on any atom is -0.396 e. The number of Topliss-reactive ketones (excluding diaryl/α,β-unsaturated/α-hetero) is 1. The van der Waals surface area contributed by atoms with Gasteiger partial charge in [-0.15, -0.1) is 0 Å². The van der Waals surface area contributed by atoms with Crippen molar-refractivity contribution < 1.29 is 9.18 Å². The number of ketones is 1. The van der Waals surface area contributed by atoms with Crippen molar-refractivity contribution in [2.45, 2.75) is 13.3 Å². The van der Waals surface area contributed by atoms with E-state index in [2.05, 4.69) is 0 Å². The molecular formula is C15H14FNO. The number of hydrogen-bond donors (Lipinski definition) is 1. The van der Waals surface area contributed by atoms with Gasteiger partial charge in [-0.2, -0.15) is 0 Å². The van der Waals surface area contributed by atoms with Gasteiger partial charge in [0, 0.05) is 12.0 Å². The monoisotopic (exact) mass is 243 g/mol. The van der Waals surface area contributed by atoms with Gasteiger partial charge in [-0.3, -0.25) is 4.79 Å².